The van der Waals surface area contributed by atoms with Gasteiger partial charge in [-0.25, -0.2) is 0 Å². The largest absolute Gasteiger partial charge is 0.381 e. The van der Waals surface area contributed by atoms with Gasteiger partial charge < -0.3 is 20.7 Å². The second-order valence-electron chi connectivity index (χ2n) is 5.78. The fourth-order valence-electron chi connectivity index (χ4n) is 2.26. The summed E-state index contributed by atoms with van der Waals surface area (Å²) in [5.41, 5.74) is 5.41. The predicted molar refractivity (Wildman–Crippen MR) is 76.9 cm³/mol. The summed E-state index contributed by atoms with van der Waals surface area (Å²) in [7, 11) is 2.10. The maximum absolute atomic E-state index is 12.3. The molecule has 0 aliphatic carbocycles. The lowest BCUT2D eigenvalue weighted by Crippen LogP contribution is -2.49. The maximum atomic E-state index is 12.3. The van der Waals surface area contributed by atoms with E-state index in [9.17, 15) is 4.79 Å². The second-order valence-corrected chi connectivity index (χ2v) is 5.78. The Kier molecular flexibility index (Phi) is 6.75. The molecule has 0 saturated carbocycles. The van der Waals surface area contributed by atoms with E-state index >= 15 is 0 Å². The first kappa shape index (κ1) is 16.4. The van der Waals surface area contributed by atoms with E-state index in [-0.39, 0.29) is 5.91 Å². The quantitative estimate of drug-likeness (QED) is 0.665. The molecule has 0 bridgehead atoms. The average Bonchev–Trinajstić information content (AvgIpc) is 2.43. The minimum atomic E-state index is -0.401. The van der Waals surface area contributed by atoms with Crippen LogP contribution in [0.3, 0.4) is 0 Å². The minimum absolute atomic E-state index is 0.102. The Morgan fingerprint density at radius 2 is 2.05 bits per heavy atom. The molecule has 112 valence electrons. The first-order valence-electron chi connectivity index (χ1n) is 7.28. The Labute approximate surface area is 116 Å². The molecule has 0 aromatic rings. The highest BCUT2D eigenvalue weighted by Crippen LogP contribution is 2.29. The Morgan fingerprint density at radius 1 is 1.42 bits per heavy atom. The summed E-state index contributed by atoms with van der Waals surface area (Å²) in [6.07, 6.45) is 2.44. The summed E-state index contributed by atoms with van der Waals surface area (Å²) >= 11 is 0. The number of rotatable bonds is 7. The smallest absolute Gasteiger partial charge is 0.227 e. The Hall–Kier alpha value is -0.650. The number of hydrogen-bond donors (Lipinski definition) is 2. The van der Waals surface area contributed by atoms with Gasteiger partial charge in [-0.15, -0.1) is 0 Å². The van der Waals surface area contributed by atoms with Gasteiger partial charge >= 0.3 is 0 Å². The summed E-state index contributed by atoms with van der Waals surface area (Å²) in [6.45, 7) is 7.75. The van der Waals surface area contributed by atoms with E-state index in [0.717, 1.165) is 32.4 Å². The van der Waals surface area contributed by atoms with Crippen molar-refractivity contribution in [3.63, 3.8) is 0 Å². The minimum Gasteiger partial charge on any atom is -0.381 e. The van der Waals surface area contributed by atoms with Crippen LogP contribution in [-0.4, -0.2) is 56.7 Å². The maximum Gasteiger partial charge on any atom is 0.227 e. The first-order chi connectivity index (χ1) is 9.02. The third kappa shape index (κ3) is 4.75. The van der Waals surface area contributed by atoms with Gasteiger partial charge in [0.05, 0.1) is 5.41 Å². The lowest BCUT2D eigenvalue weighted by Gasteiger charge is -2.34. The molecule has 1 aliphatic heterocycles. The van der Waals surface area contributed by atoms with E-state index in [0.29, 0.717) is 25.8 Å². The van der Waals surface area contributed by atoms with Gasteiger partial charge in [0.2, 0.25) is 5.91 Å². The van der Waals surface area contributed by atoms with Gasteiger partial charge in [0, 0.05) is 32.3 Å². The molecule has 1 aliphatic rings. The Morgan fingerprint density at radius 3 is 2.58 bits per heavy atom. The van der Waals surface area contributed by atoms with E-state index < -0.39 is 5.41 Å². The number of ether oxygens (including phenoxy) is 1. The molecule has 3 N–H and O–H groups in total. The van der Waals surface area contributed by atoms with Crippen molar-refractivity contribution in [3.8, 4) is 0 Å². The molecule has 1 rings (SSSR count). The molecule has 0 aromatic heterocycles. The molecule has 0 atom stereocenters. The molecule has 1 saturated heterocycles. The van der Waals surface area contributed by atoms with Crippen molar-refractivity contribution in [1.82, 2.24) is 10.2 Å². The standard InChI is InChI=1S/C14H29N3O2/c1-12(2)17(3)8-4-7-16-13(18)14(11-15)5-9-19-10-6-14/h12H,4-11,15H2,1-3H3,(H,16,18). The molecule has 19 heavy (non-hydrogen) atoms. The van der Waals surface area contributed by atoms with Crippen LogP contribution < -0.4 is 11.1 Å². The first-order valence-corrected chi connectivity index (χ1v) is 7.28. The lowest BCUT2D eigenvalue weighted by atomic mass is 9.79. The van der Waals surface area contributed by atoms with Gasteiger partial charge in [-0.3, -0.25) is 4.79 Å². The van der Waals surface area contributed by atoms with Crippen molar-refractivity contribution in [1.29, 1.82) is 0 Å². The molecule has 5 heteroatoms. The fourth-order valence-corrected chi connectivity index (χ4v) is 2.26. The number of hydrogen-bond acceptors (Lipinski definition) is 4. The van der Waals surface area contributed by atoms with Gasteiger partial charge in [-0.1, -0.05) is 0 Å². The highest BCUT2D eigenvalue weighted by Gasteiger charge is 2.38. The van der Waals surface area contributed by atoms with Crippen molar-refractivity contribution >= 4 is 5.91 Å². The molecule has 1 fully saturated rings. The van der Waals surface area contributed by atoms with Crippen LogP contribution in [-0.2, 0) is 9.53 Å². The molecular formula is C14H29N3O2. The lowest BCUT2D eigenvalue weighted by molar-refractivity contribution is -0.135. The van der Waals surface area contributed by atoms with Gasteiger partial charge in [-0.05, 0) is 46.7 Å². The molecular weight excluding hydrogens is 242 g/mol. The zero-order valence-electron chi connectivity index (χ0n) is 12.6. The highest BCUT2D eigenvalue weighted by atomic mass is 16.5. The summed E-state index contributed by atoms with van der Waals surface area (Å²) in [4.78, 5) is 14.5. The van der Waals surface area contributed by atoms with Gasteiger partial charge in [0.15, 0.2) is 0 Å². The number of nitrogens with one attached hydrogen (secondary N) is 1. The predicted octanol–water partition coefficient (Wildman–Crippen LogP) is 0.588. The van der Waals surface area contributed by atoms with Crippen LogP contribution in [0.2, 0.25) is 0 Å². The summed E-state index contributed by atoms with van der Waals surface area (Å²) < 4.78 is 5.32. The number of carbonyl (C=O) groups is 1. The number of amides is 1. The Balaban J connectivity index is 2.29. The van der Waals surface area contributed by atoms with Crippen LogP contribution in [0.15, 0.2) is 0 Å². The normalized spacial score (nSPS) is 18.8. The van der Waals surface area contributed by atoms with Crippen molar-refractivity contribution in [2.75, 3.05) is 39.9 Å². The number of nitrogens with two attached hydrogens (primary N) is 1. The zero-order valence-corrected chi connectivity index (χ0v) is 12.6. The molecule has 1 heterocycles. The van der Waals surface area contributed by atoms with Crippen LogP contribution in [0, 0.1) is 5.41 Å². The van der Waals surface area contributed by atoms with Gasteiger partial charge in [-0.2, -0.15) is 0 Å². The van der Waals surface area contributed by atoms with Crippen LogP contribution >= 0.6 is 0 Å². The summed E-state index contributed by atoms with van der Waals surface area (Å²) in [6, 6.07) is 0.543. The highest BCUT2D eigenvalue weighted by molar-refractivity contribution is 5.83. The van der Waals surface area contributed by atoms with Crippen molar-refractivity contribution < 1.29 is 9.53 Å². The van der Waals surface area contributed by atoms with E-state index in [1.807, 2.05) is 0 Å². The molecule has 5 nitrogen and oxygen atoms in total. The Bertz CT molecular complexity index is 276. The van der Waals surface area contributed by atoms with Crippen LogP contribution in [0.25, 0.3) is 0 Å². The second kappa shape index (κ2) is 7.82. The van der Waals surface area contributed by atoms with E-state index in [4.69, 9.17) is 10.5 Å². The van der Waals surface area contributed by atoms with Crippen LogP contribution in [0.5, 0.6) is 0 Å². The molecule has 0 spiro atoms. The fraction of sp³-hybridized carbons (Fsp3) is 0.929. The van der Waals surface area contributed by atoms with Crippen LogP contribution in [0.1, 0.15) is 33.1 Å². The molecule has 0 radical (unpaired) electrons. The molecule has 1 amide bonds. The van der Waals surface area contributed by atoms with E-state index in [1.165, 1.54) is 0 Å². The van der Waals surface area contributed by atoms with Crippen molar-refractivity contribution in [2.24, 2.45) is 11.1 Å². The van der Waals surface area contributed by atoms with E-state index in [2.05, 4.69) is 31.1 Å². The molecule has 0 aromatic carbocycles. The van der Waals surface area contributed by atoms with Gasteiger partial charge in [0.25, 0.3) is 0 Å². The topological polar surface area (TPSA) is 67.6 Å². The summed E-state index contributed by atoms with van der Waals surface area (Å²) in [5.74, 6) is 0.102. The number of nitrogens with zero attached hydrogens (tertiary/aromatic N) is 1. The molecule has 0 unspecified atom stereocenters. The monoisotopic (exact) mass is 271 g/mol. The third-order valence-corrected chi connectivity index (χ3v) is 4.18. The van der Waals surface area contributed by atoms with Crippen molar-refractivity contribution in [2.45, 2.75) is 39.2 Å². The van der Waals surface area contributed by atoms with Crippen LogP contribution in [0.4, 0.5) is 0 Å². The third-order valence-electron chi connectivity index (χ3n) is 4.18. The average molecular weight is 271 g/mol. The number of carbonyl (C=O) groups excluding carboxylic acids is 1. The van der Waals surface area contributed by atoms with Crippen molar-refractivity contribution in [3.05, 3.63) is 0 Å². The zero-order chi connectivity index (χ0) is 14.3. The van der Waals surface area contributed by atoms with Gasteiger partial charge in [0.1, 0.15) is 0 Å². The SMILES string of the molecule is CC(C)N(C)CCCNC(=O)C1(CN)CCOCC1. The summed E-state index contributed by atoms with van der Waals surface area (Å²) in [5, 5.41) is 3.04. The van der Waals surface area contributed by atoms with E-state index in [1.54, 1.807) is 0 Å².